The van der Waals surface area contributed by atoms with Gasteiger partial charge in [-0.05, 0) is 49.6 Å². The lowest BCUT2D eigenvalue weighted by molar-refractivity contribution is 0.370. The summed E-state index contributed by atoms with van der Waals surface area (Å²) >= 11 is 2.04. The standard InChI is InChI=1S/C19H27N3OS.HI/c1-3-13-23-17-9-7-16(8-10-17)11-12-21-19(20-4-2)22-15-18-6-5-14-24-18;/h1,7-10,18H,4-6,11-15H2,2H3,(H2,20,21,22);1H. The zero-order valence-electron chi connectivity index (χ0n) is 14.8. The molecule has 4 nitrogen and oxygen atoms in total. The average molecular weight is 473 g/mol. The van der Waals surface area contributed by atoms with Gasteiger partial charge >= 0.3 is 0 Å². The molecule has 1 fully saturated rings. The molecule has 1 aromatic carbocycles. The Labute approximate surface area is 173 Å². The van der Waals surface area contributed by atoms with Gasteiger partial charge in [-0.1, -0.05) is 18.1 Å². The summed E-state index contributed by atoms with van der Waals surface area (Å²) in [5, 5.41) is 7.42. The number of hydrogen-bond acceptors (Lipinski definition) is 3. The van der Waals surface area contributed by atoms with Crippen molar-refractivity contribution in [2.75, 3.05) is 32.0 Å². The monoisotopic (exact) mass is 473 g/mol. The molecule has 1 aliphatic heterocycles. The lowest BCUT2D eigenvalue weighted by Crippen LogP contribution is -2.38. The van der Waals surface area contributed by atoms with Crippen molar-refractivity contribution in [1.29, 1.82) is 0 Å². The maximum Gasteiger partial charge on any atom is 0.191 e. The number of ether oxygens (including phenoxy) is 1. The van der Waals surface area contributed by atoms with Crippen molar-refractivity contribution in [2.45, 2.75) is 31.4 Å². The first kappa shape index (κ1) is 22.0. The number of nitrogens with one attached hydrogen (secondary N) is 2. The third-order valence-corrected chi connectivity index (χ3v) is 5.15. The van der Waals surface area contributed by atoms with E-state index in [0.717, 1.165) is 37.8 Å². The maximum atomic E-state index is 5.38. The lowest BCUT2D eigenvalue weighted by atomic mass is 10.1. The second-order valence-corrected chi connectivity index (χ2v) is 7.08. The third kappa shape index (κ3) is 8.73. The molecule has 0 saturated carbocycles. The maximum absolute atomic E-state index is 5.38. The quantitative estimate of drug-likeness (QED) is 0.263. The Kier molecular flexibility index (Phi) is 11.6. The molecule has 1 aromatic rings. The van der Waals surface area contributed by atoms with Gasteiger partial charge in [-0.25, -0.2) is 0 Å². The Bertz CT molecular complexity index is 551. The van der Waals surface area contributed by atoms with Crippen LogP contribution in [0.4, 0.5) is 0 Å². The summed E-state index contributed by atoms with van der Waals surface area (Å²) < 4.78 is 5.38. The molecule has 0 aliphatic carbocycles. The van der Waals surface area contributed by atoms with Crippen molar-refractivity contribution in [1.82, 2.24) is 10.6 Å². The molecule has 1 saturated heterocycles. The normalized spacial score (nSPS) is 16.6. The van der Waals surface area contributed by atoms with Gasteiger partial charge < -0.3 is 15.4 Å². The highest BCUT2D eigenvalue weighted by Gasteiger charge is 2.14. The second kappa shape index (κ2) is 13.2. The summed E-state index contributed by atoms with van der Waals surface area (Å²) in [6.45, 7) is 5.04. The van der Waals surface area contributed by atoms with Crippen LogP contribution in [0.3, 0.4) is 0 Å². The van der Waals surface area contributed by atoms with Crippen LogP contribution >= 0.6 is 35.7 Å². The van der Waals surface area contributed by atoms with E-state index in [-0.39, 0.29) is 24.0 Å². The molecule has 0 radical (unpaired) electrons. The molecule has 2 N–H and O–H groups in total. The molecule has 0 spiro atoms. The fraction of sp³-hybridized carbons (Fsp3) is 0.526. The Hall–Kier alpha value is -1.07. The smallest absolute Gasteiger partial charge is 0.191 e. The van der Waals surface area contributed by atoms with Gasteiger partial charge in [0.2, 0.25) is 0 Å². The van der Waals surface area contributed by atoms with Gasteiger partial charge in [-0.2, -0.15) is 11.8 Å². The molecule has 0 aromatic heterocycles. The van der Waals surface area contributed by atoms with Crippen molar-refractivity contribution >= 4 is 41.7 Å². The summed E-state index contributed by atoms with van der Waals surface area (Å²) in [7, 11) is 0. The van der Waals surface area contributed by atoms with Crippen LogP contribution < -0.4 is 15.4 Å². The highest BCUT2D eigenvalue weighted by atomic mass is 127. The molecular formula is C19H28IN3OS. The van der Waals surface area contributed by atoms with Gasteiger partial charge in [0.05, 0.1) is 6.54 Å². The van der Waals surface area contributed by atoms with Gasteiger partial charge in [0, 0.05) is 18.3 Å². The molecule has 6 heteroatoms. The number of nitrogens with zero attached hydrogens (tertiary/aromatic N) is 1. The van der Waals surface area contributed by atoms with E-state index < -0.39 is 0 Å². The van der Waals surface area contributed by atoms with Crippen molar-refractivity contribution < 1.29 is 4.74 Å². The first-order valence-corrected chi connectivity index (χ1v) is 9.65. The molecule has 1 aliphatic rings. The Morgan fingerprint density at radius 1 is 1.36 bits per heavy atom. The predicted molar refractivity (Wildman–Crippen MR) is 119 cm³/mol. The van der Waals surface area contributed by atoms with E-state index in [1.807, 2.05) is 23.9 Å². The van der Waals surface area contributed by atoms with Crippen molar-refractivity contribution in [3.63, 3.8) is 0 Å². The van der Waals surface area contributed by atoms with E-state index in [9.17, 15) is 0 Å². The van der Waals surface area contributed by atoms with E-state index in [4.69, 9.17) is 16.2 Å². The first-order chi connectivity index (χ1) is 11.8. The molecular weight excluding hydrogens is 445 g/mol. The van der Waals surface area contributed by atoms with E-state index >= 15 is 0 Å². The number of halogens is 1. The lowest BCUT2D eigenvalue weighted by Gasteiger charge is -2.13. The number of hydrogen-bond donors (Lipinski definition) is 2. The minimum Gasteiger partial charge on any atom is -0.481 e. The highest BCUT2D eigenvalue weighted by Crippen LogP contribution is 2.25. The zero-order chi connectivity index (χ0) is 17.0. The Morgan fingerprint density at radius 2 is 2.16 bits per heavy atom. The van der Waals surface area contributed by atoms with Gasteiger partial charge in [-0.15, -0.1) is 30.4 Å². The molecule has 2 rings (SSSR count). The summed E-state index contributed by atoms with van der Waals surface area (Å²) in [6.07, 6.45) is 8.75. The second-order valence-electron chi connectivity index (χ2n) is 5.67. The van der Waals surface area contributed by atoms with Gasteiger partial charge in [-0.3, -0.25) is 4.99 Å². The molecule has 1 unspecified atom stereocenters. The molecule has 25 heavy (non-hydrogen) atoms. The fourth-order valence-corrected chi connectivity index (χ4v) is 3.71. The zero-order valence-corrected chi connectivity index (χ0v) is 17.9. The molecule has 138 valence electrons. The van der Waals surface area contributed by atoms with Crippen molar-refractivity contribution in [3.8, 4) is 18.1 Å². The number of guanidine groups is 1. The van der Waals surface area contributed by atoms with Crippen LogP contribution in [0, 0.1) is 12.3 Å². The molecule has 1 heterocycles. The molecule has 1 atom stereocenters. The van der Waals surface area contributed by atoms with Crippen molar-refractivity contribution in [3.05, 3.63) is 29.8 Å². The van der Waals surface area contributed by atoms with Gasteiger partial charge in [0.25, 0.3) is 0 Å². The largest absolute Gasteiger partial charge is 0.481 e. The van der Waals surface area contributed by atoms with E-state index in [1.165, 1.54) is 24.2 Å². The van der Waals surface area contributed by atoms with E-state index in [0.29, 0.717) is 11.9 Å². The third-order valence-electron chi connectivity index (χ3n) is 3.77. The van der Waals surface area contributed by atoms with Crippen LogP contribution in [0.5, 0.6) is 5.75 Å². The Balaban J connectivity index is 0.00000312. The van der Waals surface area contributed by atoms with Crippen LogP contribution in [0.2, 0.25) is 0 Å². The number of aliphatic imine (C=N–C) groups is 1. The summed E-state index contributed by atoms with van der Waals surface area (Å²) in [4.78, 5) is 4.71. The number of terminal acetylenes is 1. The fourth-order valence-electron chi connectivity index (χ4n) is 2.53. The number of rotatable bonds is 8. The number of thioether (sulfide) groups is 1. The van der Waals surface area contributed by atoms with Crippen LogP contribution in [0.15, 0.2) is 29.3 Å². The minimum atomic E-state index is 0. The summed E-state index contributed by atoms with van der Waals surface area (Å²) in [6, 6.07) is 8.08. The van der Waals surface area contributed by atoms with Gasteiger partial charge in [0.1, 0.15) is 12.4 Å². The molecule has 0 amide bonds. The number of benzene rings is 1. The Morgan fingerprint density at radius 3 is 2.80 bits per heavy atom. The van der Waals surface area contributed by atoms with E-state index in [2.05, 4.69) is 35.6 Å². The SMILES string of the molecule is C#CCOc1ccc(CCNC(=NCC2CCCS2)NCC)cc1.I. The summed E-state index contributed by atoms with van der Waals surface area (Å²) in [5.74, 6) is 5.48. The van der Waals surface area contributed by atoms with Crippen LogP contribution in [-0.4, -0.2) is 43.2 Å². The van der Waals surface area contributed by atoms with Gasteiger partial charge in [0.15, 0.2) is 5.96 Å². The highest BCUT2D eigenvalue weighted by molar-refractivity contribution is 14.0. The van der Waals surface area contributed by atoms with E-state index in [1.54, 1.807) is 0 Å². The minimum absolute atomic E-state index is 0. The topological polar surface area (TPSA) is 45.6 Å². The van der Waals surface area contributed by atoms with Crippen LogP contribution in [0.25, 0.3) is 0 Å². The first-order valence-electron chi connectivity index (χ1n) is 8.60. The van der Waals surface area contributed by atoms with Crippen molar-refractivity contribution in [2.24, 2.45) is 4.99 Å². The average Bonchev–Trinajstić information content (AvgIpc) is 3.12. The summed E-state index contributed by atoms with van der Waals surface area (Å²) in [5.41, 5.74) is 1.26. The predicted octanol–water partition coefficient (Wildman–Crippen LogP) is 3.31. The van der Waals surface area contributed by atoms with Crippen LogP contribution in [0.1, 0.15) is 25.3 Å². The van der Waals surface area contributed by atoms with Crippen LogP contribution in [-0.2, 0) is 6.42 Å². The molecule has 0 bridgehead atoms.